The monoisotopic (exact) mass is 220 g/mol. The minimum atomic E-state index is -0.659. The molecule has 16 heavy (non-hydrogen) atoms. The van der Waals surface area contributed by atoms with Gasteiger partial charge >= 0.3 is 0 Å². The lowest BCUT2D eigenvalue weighted by molar-refractivity contribution is -0.130. The Balaban J connectivity index is 2.95. The Morgan fingerprint density at radius 2 is 2.06 bits per heavy atom. The van der Waals surface area contributed by atoms with Crippen molar-refractivity contribution in [3.05, 3.63) is 35.6 Å². The summed E-state index contributed by atoms with van der Waals surface area (Å²) in [7, 11) is 1.57. The first-order valence-corrected chi connectivity index (χ1v) is 5.01. The maximum absolute atomic E-state index is 12.7. The van der Waals surface area contributed by atoms with Gasteiger partial charge in [0.25, 0.3) is 0 Å². The van der Waals surface area contributed by atoms with Crippen LogP contribution < -0.4 is 0 Å². The van der Waals surface area contributed by atoms with E-state index in [1.54, 1.807) is 14.0 Å². The van der Waals surface area contributed by atoms with Gasteiger partial charge in [-0.05, 0) is 17.7 Å². The second-order valence-corrected chi connectivity index (χ2v) is 3.44. The van der Waals surface area contributed by atoms with Crippen LogP contribution >= 0.6 is 0 Å². The van der Waals surface area contributed by atoms with Crippen molar-refractivity contribution in [2.24, 2.45) is 0 Å². The third-order valence-corrected chi connectivity index (χ3v) is 2.39. The van der Waals surface area contributed by atoms with Gasteiger partial charge in [-0.15, -0.1) is 0 Å². The SMILES string of the molecule is CCC(=O)N(C)C(C#N)c1ccc(F)cc1. The van der Waals surface area contributed by atoms with Crippen molar-refractivity contribution in [3.63, 3.8) is 0 Å². The number of nitrogens with zero attached hydrogens (tertiary/aromatic N) is 2. The maximum atomic E-state index is 12.7. The smallest absolute Gasteiger partial charge is 0.223 e. The molecule has 0 aromatic heterocycles. The van der Waals surface area contributed by atoms with E-state index < -0.39 is 6.04 Å². The van der Waals surface area contributed by atoms with Crippen LogP contribution in [0.3, 0.4) is 0 Å². The summed E-state index contributed by atoms with van der Waals surface area (Å²) in [6, 6.07) is 6.97. The molecule has 0 spiro atoms. The molecule has 1 rings (SSSR count). The standard InChI is InChI=1S/C12H13FN2O/c1-3-12(16)15(2)11(8-14)9-4-6-10(13)7-5-9/h4-7,11H,3H2,1-2H3. The Labute approximate surface area is 94.1 Å². The van der Waals surface area contributed by atoms with Crippen molar-refractivity contribution >= 4 is 5.91 Å². The molecule has 0 heterocycles. The number of carbonyl (C=O) groups excluding carboxylic acids is 1. The van der Waals surface area contributed by atoms with E-state index in [1.807, 2.05) is 6.07 Å². The predicted octanol–water partition coefficient (Wildman–Crippen LogP) is 2.26. The lowest BCUT2D eigenvalue weighted by atomic mass is 10.1. The molecule has 0 bridgehead atoms. The lowest BCUT2D eigenvalue weighted by Gasteiger charge is -2.22. The van der Waals surface area contributed by atoms with Crippen LogP contribution in [0, 0.1) is 17.1 Å². The Morgan fingerprint density at radius 1 is 1.50 bits per heavy atom. The minimum Gasteiger partial charge on any atom is -0.326 e. The highest BCUT2D eigenvalue weighted by Crippen LogP contribution is 2.19. The highest BCUT2D eigenvalue weighted by molar-refractivity contribution is 5.76. The van der Waals surface area contributed by atoms with Crippen molar-refractivity contribution in [1.29, 1.82) is 5.26 Å². The van der Waals surface area contributed by atoms with E-state index in [0.29, 0.717) is 12.0 Å². The fraction of sp³-hybridized carbons (Fsp3) is 0.333. The van der Waals surface area contributed by atoms with Gasteiger partial charge in [0.05, 0.1) is 6.07 Å². The summed E-state index contributed by atoms with van der Waals surface area (Å²) in [6.07, 6.45) is 0.343. The molecule has 1 aromatic rings. The van der Waals surface area contributed by atoms with E-state index in [0.717, 1.165) is 0 Å². The van der Waals surface area contributed by atoms with Crippen LogP contribution in [0.15, 0.2) is 24.3 Å². The van der Waals surface area contributed by atoms with Crippen molar-refractivity contribution < 1.29 is 9.18 Å². The van der Waals surface area contributed by atoms with E-state index in [9.17, 15) is 9.18 Å². The lowest BCUT2D eigenvalue weighted by Crippen LogP contribution is -2.29. The molecule has 3 nitrogen and oxygen atoms in total. The molecular weight excluding hydrogens is 207 g/mol. The van der Waals surface area contributed by atoms with Gasteiger partial charge in [0.15, 0.2) is 0 Å². The van der Waals surface area contributed by atoms with Crippen LogP contribution in [0.25, 0.3) is 0 Å². The fourth-order valence-corrected chi connectivity index (χ4v) is 1.42. The number of carbonyl (C=O) groups is 1. The molecule has 0 aliphatic carbocycles. The Morgan fingerprint density at radius 3 is 2.50 bits per heavy atom. The molecule has 0 saturated heterocycles. The van der Waals surface area contributed by atoms with Crippen LogP contribution in [-0.4, -0.2) is 17.9 Å². The Hall–Kier alpha value is -1.89. The number of nitriles is 1. The molecule has 4 heteroatoms. The zero-order valence-electron chi connectivity index (χ0n) is 9.27. The molecule has 1 atom stereocenters. The summed E-state index contributed by atoms with van der Waals surface area (Å²) < 4.78 is 12.7. The molecule has 1 amide bonds. The Bertz CT molecular complexity index is 408. The van der Waals surface area contributed by atoms with Crippen molar-refractivity contribution in [1.82, 2.24) is 4.90 Å². The quantitative estimate of drug-likeness (QED) is 0.784. The third-order valence-electron chi connectivity index (χ3n) is 2.39. The highest BCUT2D eigenvalue weighted by Gasteiger charge is 2.19. The molecule has 0 fully saturated rings. The fourth-order valence-electron chi connectivity index (χ4n) is 1.42. The van der Waals surface area contributed by atoms with Gasteiger partial charge in [-0.1, -0.05) is 19.1 Å². The average Bonchev–Trinajstić information content (AvgIpc) is 2.31. The van der Waals surface area contributed by atoms with Gasteiger partial charge in [0.2, 0.25) is 5.91 Å². The zero-order chi connectivity index (χ0) is 12.1. The number of rotatable bonds is 3. The number of hydrogen-bond acceptors (Lipinski definition) is 2. The summed E-state index contributed by atoms with van der Waals surface area (Å²) >= 11 is 0. The van der Waals surface area contributed by atoms with Crippen molar-refractivity contribution in [3.8, 4) is 6.07 Å². The predicted molar refractivity (Wildman–Crippen MR) is 57.8 cm³/mol. The molecule has 0 saturated carbocycles. The van der Waals surface area contributed by atoms with Gasteiger partial charge < -0.3 is 4.90 Å². The summed E-state index contributed by atoms with van der Waals surface area (Å²) in [5.41, 5.74) is 0.619. The van der Waals surface area contributed by atoms with Crippen LogP contribution in [-0.2, 0) is 4.79 Å². The summed E-state index contributed by atoms with van der Waals surface area (Å²) in [5, 5.41) is 9.03. The van der Waals surface area contributed by atoms with E-state index >= 15 is 0 Å². The van der Waals surface area contributed by atoms with Gasteiger partial charge in [-0.25, -0.2) is 4.39 Å². The third kappa shape index (κ3) is 2.57. The second kappa shape index (κ2) is 5.26. The zero-order valence-corrected chi connectivity index (χ0v) is 9.27. The first-order valence-electron chi connectivity index (χ1n) is 5.01. The van der Waals surface area contributed by atoms with Crippen LogP contribution in [0.5, 0.6) is 0 Å². The molecule has 0 aliphatic rings. The summed E-state index contributed by atoms with van der Waals surface area (Å²) in [6.45, 7) is 1.73. The van der Waals surface area contributed by atoms with Gasteiger partial charge in [-0.3, -0.25) is 4.79 Å². The molecule has 0 radical (unpaired) electrons. The van der Waals surface area contributed by atoms with E-state index in [4.69, 9.17) is 5.26 Å². The number of halogens is 1. The first-order chi connectivity index (χ1) is 7.60. The first kappa shape index (κ1) is 12.2. The van der Waals surface area contributed by atoms with Crippen molar-refractivity contribution in [2.45, 2.75) is 19.4 Å². The highest BCUT2D eigenvalue weighted by atomic mass is 19.1. The molecule has 84 valence electrons. The number of benzene rings is 1. The second-order valence-electron chi connectivity index (χ2n) is 3.44. The molecule has 0 N–H and O–H groups in total. The number of hydrogen-bond donors (Lipinski definition) is 0. The average molecular weight is 220 g/mol. The van der Waals surface area contributed by atoms with Crippen LogP contribution in [0.2, 0.25) is 0 Å². The Kier molecular flexibility index (Phi) is 4.01. The van der Waals surface area contributed by atoms with Gasteiger partial charge in [0, 0.05) is 13.5 Å². The largest absolute Gasteiger partial charge is 0.326 e. The topological polar surface area (TPSA) is 44.1 Å². The van der Waals surface area contributed by atoms with E-state index in [-0.39, 0.29) is 11.7 Å². The molecule has 1 aromatic carbocycles. The van der Waals surface area contributed by atoms with Gasteiger partial charge in [-0.2, -0.15) is 5.26 Å². The van der Waals surface area contributed by atoms with E-state index in [1.165, 1.54) is 29.2 Å². The van der Waals surface area contributed by atoms with Crippen molar-refractivity contribution in [2.75, 3.05) is 7.05 Å². The van der Waals surface area contributed by atoms with Crippen LogP contribution in [0.1, 0.15) is 24.9 Å². The maximum Gasteiger partial charge on any atom is 0.223 e. The molecule has 1 unspecified atom stereocenters. The summed E-state index contributed by atoms with van der Waals surface area (Å²) in [4.78, 5) is 12.8. The normalized spacial score (nSPS) is 11.6. The minimum absolute atomic E-state index is 0.115. The van der Waals surface area contributed by atoms with E-state index in [2.05, 4.69) is 0 Å². The van der Waals surface area contributed by atoms with Crippen LogP contribution in [0.4, 0.5) is 4.39 Å². The molecule has 0 aliphatic heterocycles. The van der Waals surface area contributed by atoms with Gasteiger partial charge in [0.1, 0.15) is 11.9 Å². The summed E-state index contributed by atoms with van der Waals surface area (Å²) in [5.74, 6) is -0.471. The number of amides is 1. The molecular formula is C12H13FN2O.